The van der Waals surface area contributed by atoms with Crippen LogP contribution in [0.1, 0.15) is 18.1 Å². The molecule has 9 heteroatoms. The first-order valence-corrected chi connectivity index (χ1v) is 12.8. The van der Waals surface area contributed by atoms with Gasteiger partial charge in [-0.25, -0.2) is 4.39 Å². The van der Waals surface area contributed by atoms with Gasteiger partial charge in [0.1, 0.15) is 11.6 Å². The second-order valence-electron chi connectivity index (χ2n) is 9.65. The smallest absolute Gasteiger partial charge is 0.416 e. The number of halogens is 4. The van der Waals surface area contributed by atoms with Crippen molar-refractivity contribution in [3.63, 3.8) is 0 Å². The average Bonchev–Trinajstić information content (AvgIpc) is 2.94. The first-order chi connectivity index (χ1) is 18.7. The summed E-state index contributed by atoms with van der Waals surface area (Å²) in [4.78, 5) is 17.5. The molecule has 1 fully saturated rings. The van der Waals surface area contributed by atoms with Crippen molar-refractivity contribution in [2.24, 2.45) is 0 Å². The average molecular weight is 540 g/mol. The molecule has 5 nitrogen and oxygen atoms in total. The lowest BCUT2D eigenvalue weighted by molar-refractivity contribution is -0.137. The highest BCUT2D eigenvalue weighted by atomic mass is 19.4. The lowest BCUT2D eigenvalue weighted by atomic mass is 10.0. The fourth-order valence-electron chi connectivity index (χ4n) is 5.08. The van der Waals surface area contributed by atoms with Crippen LogP contribution >= 0.6 is 0 Å². The van der Waals surface area contributed by atoms with Gasteiger partial charge in [-0.05, 0) is 66.2 Å². The van der Waals surface area contributed by atoms with Crippen molar-refractivity contribution in [3.05, 3.63) is 93.9 Å². The van der Waals surface area contributed by atoms with Crippen molar-refractivity contribution < 1.29 is 22.3 Å². The highest BCUT2D eigenvalue weighted by Gasteiger charge is 2.30. The first-order valence-electron chi connectivity index (χ1n) is 12.8. The highest BCUT2D eigenvalue weighted by Crippen LogP contribution is 2.32. The van der Waals surface area contributed by atoms with Gasteiger partial charge in [0.2, 0.25) is 0 Å². The van der Waals surface area contributed by atoms with Crippen molar-refractivity contribution in [1.29, 1.82) is 0 Å². The maximum Gasteiger partial charge on any atom is 0.416 e. The molecule has 0 atom stereocenters. The number of hydrogen-bond donors (Lipinski definition) is 0. The van der Waals surface area contributed by atoms with Gasteiger partial charge in [0.05, 0.1) is 29.6 Å². The number of piperazine rings is 1. The Labute approximate surface area is 223 Å². The molecule has 0 amide bonds. The molecule has 0 radical (unpaired) electrons. The van der Waals surface area contributed by atoms with E-state index in [0.717, 1.165) is 37.3 Å². The van der Waals surface area contributed by atoms with Gasteiger partial charge in [-0.3, -0.25) is 4.79 Å². The Morgan fingerprint density at radius 3 is 2.15 bits per heavy atom. The van der Waals surface area contributed by atoms with Gasteiger partial charge >= 0.3 is 6.18 Å². The molecule has 1 saturated heterocycles. The molecule has 4 aromatic rings. The minimum atomic E-state index is -4.44. The van der Waals surface area contributed by atoms with E-state index in [1.54, 1.807) is 25.3 Å². The molecule has 0 unspecified atom stereocenters. The Morgan fingerprint density at radius 2 is 1.56 bits per heavy atom. The highest BCUT2D eigenvalue weighted by molar-refractivity contribution is 5.86. The zero-order chi connectivity index (χ0) is 27.7. The Balaban J connectivity index is 1.66. The summed E-state index contributed by atoms with van der Waals surface area (Å²) < 4.78 is 62.0. The fraction of sp³-hybridized carbons (Fsp3) is 0.300. The maximum atomic E-state index is 15.4. The number of pyridine rings is 1. The van der Waals surface area contributed by atoms with Crippen molar-refractivity contribution in [2.75, 3.05) is 44.7 Å². The number of anilines is 1. The number of likely N-dealkylation sites (N-methyl/N-ethyl adjacent to an activating group) is 1. The molecule has 0 spiro atoms. The molecule has 204 valence electrons. The Morgan fingerprint density at radius 1 is 0.897 bits per heavy atom. The lowest BCUT2D eigenvalue weighted by Gasteiger charge is -2.35. The van der Waals surface area contributed by atoms with Crippen molar-refractivity contribution >= 4 is 16.6 Å². The number of hydrogen-bond acceptors (Lipinski definition) is 4. The minimum Gasteiger partial charge on any atom is -0.497 e. The normalized spacial score (nSPS) is 14.7. The summed E-state index contributed by atoms with van der Waals surface area (Å²) in [7, 11) is 1.56. The van der Waals surface area contributed by atoms with Gasteiger partial charge in [-0.15, -0.1) is 0 Å². The maximum absolute atomic E-state index is 15.4. The molecular weight excluding hydrogens is 510 g/mol. The number of fused-ring (bicyclic) bond motifs is 1. The van der Waals surface area contributed by atoms with Crippen molar-refractivity contribution in [1.82, 2.24) is 9.47 Å². The summed E-state index contributed by atoms with van der Waals surface area (Å²) in [6.45, 7) is 6.11. The number of aromatic nitrogens is 1. The van der Waals surface area contributed by atoms with Crippen LogP contribution in [0.3, 0.4) is 0 Å². The molecule has 1 aliphatic heterocycles. The molecule has 2 heterocycles. The largest absolute Gasteiger partial charge is 0.497 e. The van der Waals surface area contributed by atoms with Crippen LogP contribution in [0, 0.1) is 5.82 Å². The number of nitrogens with zero attached hydrogens (tertiary/aromatic N) is 3. The number of ether oxygens (including phenoxy) is 1. The molecular formula is C30H29F4N3O2. The van der Waals surface area contributed by atoms with E-state index in [4.69, 9.17) is 4.74 Å². The standard InChI is InChI=1S/C30H29F4N3O2/c1-3-35-12-14-36(15-13-35)28-17-27-24(16-25(28)31)29(38)18-26(21-6-10-23(39-2)11-7-21)37(27)19-20-4-8-22(9-5-20)30(32,33)34/h4-11,16-18H,3,12-15,19H2,1-2H3. The van der Waals surface area contributed by atoms with Gasteiger partial charge in [0.15, 0.2) is 5.43 Å². The molecule has 3 aromatic carbocycles. The van der Waals surface area contributed by atoms with Crippen LogP contribution in [-0.4, -0.2) is 49.3 Å². The van der Waals surface area contributed by atoms with Crippen LogP contribution in [0.15, 0.2) is 71.5 Å². The third-order valence-electron chi connectivity index (χ3n) is 7.35. The lowest BCUT2D eigenvalue weighted by Crippen LogP contribution is -2.46. The topological polar surface area (TPSA) is 37.7 Å². The van der Waals surface area contributed by atoms with E-state index in [-0.39, 0.29) is 17.4 Å². The van der Waals surface area contributed by atoms with Crippen molar-refractivity contribution in [3.8, 4) is 17.0 Å². The molecule has 0 bridgehead atoms. The molecule has 39 heavy (non-hydrogen) atoms. The third-order valence-corrected chi connectivity index (χ3v) is 7.35. The van der Waals surface area contributed by atoms with Crippen LogP contribution in [0.25, 0.3) is 22.2 Å². The number of alkyl halides is 3. The van der Waals surface area contributed by atoms with Crippen LogP contribution < -0.4 is 15.1 Å². The second-order valence-corrected chi connectivity index (χ2v) is 9.65. The Bertz CT molecular complexity index is 1520. The SMILES string of the molecule is CCN1CCN(c2cc3c(cc2F)c(=O)cc(-c2ccc(OC)cc2)n3Cc2ccc(C(F)(F)F)cc2)CC1. The molecule has 0 aliphatic carbocycles. The summed E-state index contributed by atoms with van der Waals surface area (Å²) in [5.41, 5.74) is 1.77. The predicted molar refractivity (Wildman–Crippen MR) is 145 cm³/mol. The van der Waals surface area contributed by atoms with Gasteiger partial charge in [-0.1, -0.05) is 19.1 Å². The Hall–Kier alpha value is -3.85. The third kappa shape index (κ3) is 5.49. The van der Waals surface area contributed by atoms with Crippen LogP contribution in [0.4, 0.5) is 23.2 Å². The number of methoxy groups -OCH3 is 1. The Kier molecular flexibility index (Phi) is 7.36. The van der Waals surface area contributed by atoms with Gasteiger partial charge < -0.3 is 19.1 Å². The molecule has 5 rings (SSSR count). The van der Waals surface area contributed by atoms with Crippen LogP contribution in [-0.2, 0) is 12.7 Å². The van der Waals surface area contributed by atoms with E-state index in [1.807, 2.05) is 21.6 Å². The van der Waals surface area contributed by atoms with Gasteiger partial charge in [-0.2, -0.15) is 13.2 Å². The quantitative estimate of drug-likeness (QED) is 0.281. The molecule has 1 aliphatic rings. The van der Waals surface area contributed by atoms with Crippen molar-refractivity contribution in [2.45, 2.75) is 19.6 Å². The van der Waals surface area contributed by atoms with E-state index in [9.17, 15) is 18.0 Å². The molecule has 0 saturated carbocycles. The summed E-state index contributed by atoms with van der Waals surface area (Å²) in [5, 5.41) is 0.215. The first kappa shape index (κ1) is 26.7. The molecule has 0 N–H and O–H groups in total. The van der Waals surface area contributed by atoms with E-state index in [0.29, 0.717) is 41.3 Å². The summed E-state index contributed by atoms with van der Waals surface area (Å²) in [5.74, 6) is 0.176. The summed E-state index contributed by atoms with van der Waals surface area (Å²) in [6.07, 6.45) is -4.44. The zero-order valence-electron chi connectivity index (χ0n) is 21.8. The molecule has 1 aromatic heterocycles. The fourth-order valence-corrected chi connectivity index (χ4v) is 5.08. The second kappa shape index (κ2) is 10.7. The van der Waals surface area contributed by atoms with E-state index in [2.05, 4.69) is 11.8 Å². The van der Waals surface area contributed by atoms with E-state index in [1.165, 1.54) is 24.3 Å². The monoisotopic (exact) mass is 539 g/mol. The summed E-state index contributed by atoms with van der Waals surface area (Å²) >= 11 is 0. The van der Waals surface area contributed by atoms with Gasteiger partial charge in [0, 0.05) is 44.2 Å². The zero-order valence-corrected chi connectivity index (χ0v) is 21.8. The van der Waals surface area contributed by atoms with Crippen LogP contribution in [0.2, 0.25) is 0 Å². The van der Waals surface area contributed by atoms with Crippen LogP contribution in [0.5, 0.6) is 5.75 Å². The number of benzene rings is 3. The predicted octanol–water partition coefficient (Wildman–Crippen LogP) is 6.03. The number of rotatable bonds is 6. The van der Waals surface area contributed by atoms with Gasteiger partial charge in [0.25, 0.3) is 0 Å². The summed E-state index contributed by atoms with van der Waals surface area (Å²) in [6, 6.07) is 16.6. The van der Waals surface area contributed by atoms with E-state index < -0.39 is 17.6 Å². The minimum absolute atomic E-state index is 0.185. The van der Waals surface area contributed by atoms with E-state index >= 15 is 4.39 Å².